The number of hydrogen-bond donors (Lipinski definition) is 2. The molecule has 0 radical (unpaired) electrons. The molecular formula is C19H17N3O3S. The normalized spacial score (nSPS) is 12.7. The summed E-state index contributed by atoms with van der Waals surface area (Å²) in [6.45, 7) is 1.91. The summed E-state index contributed by atoms with van der Waals surface area (Å²) in [4.78, 5) is 37.6. The van der Waals surface area contributed by atoms with Gasteiger partial charge < -0.3 is 10.6 Å². The number of fused-ring (bicyclic) bond motifs is 1. The van der Waals surface area contributed by atoms with Gasteiger partial charge in [-0.25, -0.2) is 4.90 Å². The zero-order chi connectivity index (χ0) is 18.7. The van der Waals surface area contributed by atoms with Crippen molar-refractivity contribution in [3.05, 3.63) is 59.7 Å². The number of imide groups is 1. The number of amides is 3. The Morgan fingerprint density at radius 3 is 2.12 bits per heavy atom. The van der Waals surface area contributed by atoms with E-state index in [0.717, 1.165) is 11.3 Å². The van der Waals surface area contributed by atoms with Crippen LogP contribution in [0.15, 0.2) is 48.5 Å². The molecule has 0 fully saturated rings. The van der Waals surface area contributed by atoms with Crippen molar-refractivity contribution < 1.29 is 14.4 Å². The van der Waals surface area contributed by atoms with Gasteiger partial charge in [-0.2, -0.15) is 0 Å². The first-order valence-electron chi connectivity index (χ1n) is 8.20. The molecule has 0 atom stereocenters. The molecule has 132 valence electrons. The third-order valence-electron chi connectivity index (χ3n) is 3.91. The Morgan fingerprint density at radius 2 is 1.58 bits per heavy atom. The number of nitrogens with zero attached hydrogens (tertiary/aromatic N) is 1. The van der Waals surface area contributed by atoms with Gasteiger partial charge in [-0.15, -0.1) is 0 Å². The van der Waals surface area contributed by atoms with Crippen LogP contribution in [0.3, 0.4) is 0 Å². The number of anilines is 2. The number of nitrogens with one attached hydrogen (secondary N) is 2. The molecule has 3 amide bonds. The van der Waals surface area contributed by atoms with Gasteiger partial charge in [0.25, 0.3) is 11.8 Å². The Kier molecular flexibility index (Phi) is 5.09. The molecule has 0 spiro atoms. The van der Waals surface area contributed by atoms with Crippen molar-refractivity contribution in [1.29, 1.82) is 0 Å². The smallest absolute Gasteiger partial charge is 0.266 e. The van der Waals surface area contributed by atoms with Crippen LogP contribution >= 0.6 is 12.2 Å². The van der Waals surface area contributed by atoms with E-state index in [1.807, 2.05) is 6.92 Å². The van der Waals surface area contributed by atoms with Gasteiger partial charge in [-0.05, 0) is 55.0 Å². The van der Waals surface area contributed by atoms with Crippen LogP contribution in [0.2, 0.25) is 0 Å². The zero-order valence-corrected chi connectivity index (χ0v) is 14.9. The highest BCUT2D eigenvalue weighted by molar-refractivity contribution is 7.80. The van der Waals surface area contributed by atoms with E-state index in [9.17, 15) is 14.4 Å². The van der Waals surface area contributed by atoms with E-state index in [1.54, 1.807) is 48.5 Å². The minimum Gasteiger partial charge on any atom is -0.332 e. The predicted molar refractivity (Wildman–Crippen MR) is 103 cm³/mol. The number of rotatable bonds is 4. The van der Waals surface area contributed by atoms with Crippen LogP contribution in [-0.4, -0.2) is 22.8 Å². The minimum atomic E-state index is -0.339. The monoisotopic (exact) mass is 367 g/mol. The Bertz CT molecular complexity index is 858. The number of carbonyl (C=O) groups excluding carboxylic acids is 3. The Hall–Kier alpha value is -3.06. The minimum absolute atomic E-state index is 0.146. The van der Waals surface area contributed by atoms with Crippen molar-refractivity contribution in [2.45, 2.75) is 19.8 Å². The van der Waals surface area contributed by atoms with Gasteiger partial charge in [0.05, 0.1) is 16.8 Å². The number of carbonyl (C=O) groups is 3. The Labute approximate surface area is 156 Å². The van der Waals surface area contributed by atoms with Gasteiger partial charge in [-0.3, -0.25) is 14.4 Å². The van der Waals surface area contributed by atoms with Crippen LogP contribution in [0.25, 0.3) is 0 Å². The average molecular weight is 367 g/mol. The number of hydrogen-bond acceptors (Lipinski definition) is 4. The lowest BCUT2D eigenvalue weighted by atomic mass is 10.1. The third kappa shape index (κ3) is 3.48. The summed E-state index contributed by atoms with van der Waals surface area (Å²) in [7, 11) is 0. The molecule has 3 rings (SSSR count). The van der Waals surface area contributed by atoms with Gasteiger partial charge in [0.15, 0.2) is 5.11 Å². The highest BCUT2D eigenvalue weighted by atomic mass is 32.1. The first-order valence-corrected chi connectivity index (χ1v) is 8.60. The molecule has 1 aliphatic rings. The second-order valence-corrected chi connectivity index (χ2v) is 6.20. The van der Waals surface area contributed by atoms with Crippen molar-refractivity contribution in [3.8, 4) is 0 Å². The molecule has 26 heavy (non-hydrogen) atoms. The van der Waals surface area contributed by atoms with Crippen molar-refractivity contribution in [1.82, 2.24) is 5.32 Å². The quantitative estimate of drug-likeness (QED) is 0.641. The molecule has 0 saturated carbocycles. The molecule has 2 N–H and O–H groups in total. The van der Waals surface area contributed by atoms with Gasteiger partial charge >= 0.3 is 0 Å². The van der Waals surface area contributed by atoms with Crippen LogP contribution in [0.1, 0.15) is 40.5 Å². The summed E-state index contributed by atoms with van der Waals surface area (Å²) in [5.74, 6) is -0.824. The van der Waals surface area contributed by atoms with E-state index in [-0.39, 0.29) is 22.8 Å². The highest BCUT2D eigenvalue weighted by Gasteiger charge is 2.36. The summed E-state index contributed by atoms with van der Waals surface area (Å²) in [6, 6.07) is 13.4. The Balaban J connectivity index is 1.71. The summed E-state index contributed by atoms with van der Waals surface area (Å²) >= 11 is 5.09. The lowest BCUT2D eigenvalue weighted by Crippen LogP contribution is -2.33. The van der Waals surface area contributed by atoms with Crippen LogP contribution in [-0.2, 0) is 4.79 Å². The molecular weight excluding hydrogens is 350 g/mol. The fourth-order valence-electron chi connectivity index (χ4n) is 2.70. The maximum Gasteiger partial charge on any atom is 0.266 e. The van der Waals surface area contributed by atoms with Gasteiger partial charge in [0.1, 0.15) is 0 Å². The van der Waals surface area contributed by atoms with E-state index in [4.69, 9.17) is 12.2 Å². The van der Waals surface area contributed by atoms with E-state index >= 15 is 0 Å². The maximum absolute atomic E-state index is 12.5. The molecule has 7 heteroatoms. The molecule has 0 aromatic heterocycles. The predicted octanol–water partition coefficient (Wildman–Crippen LogP) is 3.10. The van der Waals surface area contributed by atoms with Crippen LogP contribution in [0.5, 0.6) is 0 Å². The zero-order valence-electron chi connectivity index (χ0n) is 14.1. The molecule has 0 unspecified atom stereocenters. The van der Waals surface area contributed by atoms with E-state index in [1.165, 1.54) is 0 Å². The van der Waals surface area contributed by atoms with E-state index in [0.29, 0.717) is 28.9 Å². The lowest BCUT2D eigenvalue weighted by molar-refractivity contribution is -0.119. The fraction of sp³-hybridized carbons (Fsp3) is 0.158. The molecule has 1 heterocycles. The highest BCUT2D eigenvalue weighted by Crippen LogP contribution is 2.28. The van der Waals surface area contributed by atoms with Crippen molar-refractivity contribution in [2.24, 2.45) is 0 Å². The van der Waals surface area contributed by atoms with Crippen molar-refractivity contribution in [3.63, 3.8) is 0 Å². The lowest BCUT2D eigenvalue weighted by Gasteiger charge is -2.15. The molecule has 0 aliphatic carbocycles. The maximum atomic E-state index is 12.5. The van der Waals surface area contributed by atoms with Crippen LogP contribution < -0.4 is 15.5 Å². The van der Waals surface area contributed by atoms with Crippen LogP contribution in [0.4, 0.5) is 11.4 Å². The molecule has 6 nitrogen and oxygen atoms in total. The second kappa shape index (κ2) is 7.45. The van der Waals surface area contributed by atoms with Gasteiger partial charge in [0.2, 0.25) is 5.91 Å². The Morgan fingerprint density at radius 1 is 1.00 bits per heavy atom. The SMILES string of the molecule is CCCC(=O)NC(=S)Nc1ccc(N2C(=O)c3ccccc3C2=O)cc1. The summed E-state index contributed by atoms with van der Waals surface area (Å²) in [5, 5.41) is 5.69. The van der Waals surface area contributed by atoms with E-state index in [2.05, 4.69) is 10.6 Å². The summed E-state index contributed by atoms with van der Waals surface area (Å²) in [6.07, 6.45) is 1.14. The van der Waals surface area contributed by atoms with Crippen molar-refractivity contribution >= 4 is 46.4 Å². The number of thiocarbonyl (C=S) groups is 1. The molecule has 0 saturated heterocycles. The first-order chi connectivity index (χ1) is 12.5. The molecule has 2 aromatic rings. The topological polar surface area (TPSA) is 78.5 Å². The number of benzene rings is 2. The van der Waals surface area contributed by atoms with Crippen LogP contribution in [0, 0.1) is 0 Å². The largest absolute Gasteiger partial charge is 0.332 e. The summed E-state index contributed by atoms with van der Waals surface area (Å²) < 4.78 is 0. The van der Waals surface area contributed by atoms with E-state index < -0.39 is 0 Å². The molecule has 2 aromatic carbocycles. The van der Waals surface area contributed by atoms with Crippen molar-refractivity contribution in [2.75, 3.05) is 10.2 Å². The summed E-state index contributed by atoms with van der Waals surface area (Å²) in [5.41, 5.74) is 1.92. The first kappa shape index (κ1) is 17.8. The second-order valence-electron chi connectivity index (χ2n) is 5.79. The van der Waals surface area contributed by atoms with Gasteiger partial charge in [0, 0.05) is 12.1 Å². The average Bonchev–Trinajstić information content (AvgIpc) is 2.87. The van der Waals surface area contributed by atoms with Gasteiger partial charge in [-0.1, -0.05) is 19.1 Å². The fourth-order valence-corrected chi connectivity index (χ4v) is 2.93. The molecule has 1 aliphatic heterocycles. The third-order valence-corrected chi connectivity index (χ3v) is 4.11. The molecule has 0 bridgehead atoms. The standard InChI is InChI=1S/C19H17N3O3S/c1-2-5-16(23)21-19(26)20-12-8-10-13(11-9-12)22-17(24)14-6-3-4-7-15(14)18(22)25/h3-4,6-11H,2,5H2,1H3,(H2,20,21,23,26).